The maximum atomic E-state index is 11.8. The van der Waals surface area contributed by atoms with E-state index in [2.05, 4.69) is 5.32 Å². The molecule has 0 aliphatic rings. The summed E-state index contributed by atoms with van der Waals surface area (Å²) in [6.45, 7) is 6.05. The molecule has 0 radical (unpaired) electrons. The summed E-state index contributed by atoms with van der Waals surface area (Å²) in [5.41, 5.74) is 0. The highest BCUT2D eigenvalue weighted by Crippen LogP contribution is 2.21. The predicted molar refractivity (Wildman–Crippen MR) is 82.7 cm³/mol. The maximum Gasteiger partial charge on any atom is 0.326 e. The molecule has 1 aromatic rings. The van der Waals surface area contributed by atoms with E-state index in [-0.39, 0.29) is 17.6 Å². The van der Waals surface area contributed by atoms with Gasteiger partial charge in [0.05, 0.1) is 12.4 Å². The molecule has 1 amide bonds. The van der Waals surface area contributed by atoms with E-state index in [1.807, 2.05) is 31.2 Å². The number of hydrogen-bond donors (Lipinski definition) is 2. The first-order valence-electron chi connectivity index (χ1n) is 6.81. The third-order valence-electron chi connectivity index (χ3n) is 2.75. The van der Waals surface area contributed by atoms with Gasteiger partial charge in [-0.2, -0.15) is 0 Å². The van der Waals surface area contributed by atoms with Gasteiger partial charge in [0.25, 0.3) is 0 Å². The fraction of sp³-hybridized carbons (Fsp3) is 0.467. The molecule has 0 spiro atoms. The summed E-state index contributed by atoms with van der Waals surface area (Å²) in [6, 6.07) is 6.59. The molecule has 0 aromatic heterocycles. The summed E-state index contributed by atoms with van der Waals surface area (Å²) in [6.07, 6.45) is 0. The maximum absolute atomic E-state index is 11.8. The summed E-state index contributed by atoms with van der Waals surface area (Å²) in [5, 5.41) is 11.6. The Morgan fingerprint density at radius 3 is 2.38 bits per heavy atom. The van der Waals surface area contributed by atoms with Crippen molar-refractivity contribution in [3.05, 3.63) is 24.3 Å². The second-order valence-electron chi connectivity index (χ2n) is 4.82. The molecule has 0 aliphatic heterocycles. The number of hydrogen-bond acceptors (Lipinski definition) is 4. The molecule has 0 heterocycles. The van der Waals surface area contributed by atoms with Crippen molar-refractivity contribution in [2.75, 3.05) is 12.4 Å². The number of benzene rings is 1. The lowest BCUT2D eigenvalue weighted by Crippen LogP contribution is -2.45. The second-order valence-corrected chi connectivity index (χ2v) is 5.87. The molecule has 0 saturated carbocycles. The number of thioether (sulfide) groups is 1. The summed E-state index contributed by atoms with van der Waals surface area (Å²) in [7, 11) is 0. The van der Waals surface area contributed by atoms with Crippen LogP contribution in [0.1, 0.15) is 20.8 Å². The molecule has 2 N–H and O–H groups in total. The third kappa shape index (κ3) is 6.08. The molecule has 21 heavy (non-hydrogen) atoms. The van der Waals surface area contributed by atoms with E-state index in [1.54, 1.807) is 13.8 Å². The Morgan fingerprint density at radius 2 is 1.90 bits per heavy atom. The van der Waals surface area contributed by atoms with Gasteiger partial charge in [0.1, 0.15) is 11.8 Å². The van der Waals surface area contributed by atoms with Crippen LogP contribution in [0.25, 0.3) is 0 Å². The zero-order valence-corrected chi connectivity index (χ0v) is 13.3. The van der Waals surface area contributed by atoms with Crippen molar-refractivity contribution in [3.8, 4) is 5.75 Å². The second kappa shape index (κ2) is 8.56. The van der Waals surface area contributed by atoms with Crippen molar-refractivity contribution in [3.63, 3.8) is 0 Å². The average Bonchev–Trinajstić information content (AvgIpc) is 2.43. The predicted octanol–water partition coefficient (Wildman–Crippen LogP) is 2.40. The topological polar surface area (TPSA) is 75.6 Å². The van der Waals surface area contributed by atoms with E-state index in [4.69, 9.17) is 9.84 Å². The molecule has 0 fully saturated rings. The van der Waals surface area contributed by atoms with Crippen molar-refractivity contribution >= 4 is 23.6 Å². The minimum absolute atomic E-state index is 0.151. The number of amides is 1. The van der Waals surface area contributed by atoms with Gasteiger partial charge in [0.15, 0.2) is 0 Å². The molecule has 1 aromatic carbocycles. The monoisotopic (exact) mass is 311 g/mol. The highest BCUT2D eigenvalue weighted by molar-refractivity contribution is 8.00. The summed E-state index contributed by atoms with van der Waals surface area (Å²) in [4.78, 5) is 23.7. The van der Waals surface area contributed by atoms with E-state index in [1.165, 1.54) is 11.8 Å². The van der Waals surface area contributed by atoms with Gasteiger partial charge in [0, 0.05) is 4.90 Å². The summed E-state index contributed by atoms with van der Waals surface area (Å²) < 4.78 is 5.34. The molecule has 0 unspecified atom stereocenters. The van der Waals surface area contributed by atoms with Gasteiger partial charge in [-0.25, -0.2) is 4.79 Å². The first kappa shape index (κ1) is 17.4. The molecular formula is C15H21NO4S. The normalized spacial score (nSPS) is 12.0. The standard InChI is InChI=1S/C15H21NO4S/c1-4-20-11-5-7-12(8-6-11)21-9-13(17)16-14(10(2)3)15(18)19/h5-8,10,14H,4,9H2,1-3H3,(H,16,17)(H,18,19)/t14-/m0/s1. The minimum atomic E-state index is -1.01. The van der Waals surface area contributed by atoms with Gasteiger partial charge < -0.3 is 15.2 Å². The number of aliphatic carboxylic acids is 1. The Kier molecular flexibility index (Phi) is 7.08. The quantitative estimate of drug-likeness (QED) is 0.721. The Morgan fingerprint density at radius 1 is 1.29 bits per heavy atom. The van der Waals surface area contributed by atoms with Gasteiger partial charge >= 0.3 is 5.97 Å². The number of rotatable bonds is 8. The smallest absolute Gasteiger partial charge is 0.326 e. The van der Waals surface area contributed by atoms with Gasteiger partial charge in [-0.15, -0.1) is 11.8 Å². The van der Waals surface area contributed by atoms with Crippen LogP contribution in [0.2, 0.25) is 0 Å². The van der Waals surface area contributed by atoms with Crippen molar-refractivity contribution in [1.82, 2.24) is 5.32 Å². The lowest BCUT2D eigenvalue weighted by molar-refractivity contribution is -0.142. The average molecular weight is 311 g/mol. The summed E-state index contributed by atoms with van der Waals surface area (Å²) in [5.74, 6) is -0.469. The van der Waals surface area contributed by atoms with Crippen LogP contribution >= 0.6 is 11.8 Å². The summed E-state index contributed by atoms with van der Waals surface area (Å²) >= 11 is 1.36. The number of carboxylic acid groups (broad SMARTS) is 1. The molecule has 5 nitrogen and oxygen atoms in total. The van der Waals surface area contributed by atoms with Crippen LogP contribution < -0.4 is 10.1 Å². The van der Waals surface area contributed by atoms with E-state index in [9.17, 15) is 9.59 Å². The van der Waals surface area contributed by atoms with Crippen LogP contribution in [0.4, 0.5) is 0 Å². The van der Waals surface area contributed by atoms with E-state index >= 15 is 0 Å². The lowest BCUT2D eigenvalue weighted by Gasteiger charge is -2.17. The molecule has 1 rings (SSSR count). The highest BCUT2D eigenvalue weighted by atomic mass is 32.2. The molecule has 6 heteroatoms. The largest absolute Gasteiger partial charge is 0.494 e. The Labute approximate surface area is 129 Å². The molecule has 116 valence electrons. The van der Waals surface area contributed by atoms with Gasteiger partial charge in [-0.1, -0.05) is 13.8 Å². The lowest BCUT2D eigenvalue weighted by atomic mass is 10.1. The molecule has 0 saturated heterocycles. The van der Waals surface area contributed by atoms with E-state index in [0.717, 1.165) is 10.6 Å². The highest BCUT2D eigenvalue weighted by Gasteiger charge is 2.23. The zero-order chi connectivity index (χ0) is 15.8. The molecule has 0 aliphatic carbocycles. The minimum Gasteiger partial charge on any atom is -0.494 e. The number of ether oxygens (including phenoxy) is 1. The molecule has 0 bridgehead atoms. The SMILES string of the molecule is CCOc1ccc(SCC(=O)N[C@H](C(=O)O)C(C)C)cc1. The van der Waals surface area contributed by atoms with Crippen molar-refractivity contribution in [2.45, 2.75) is 31.7 Å². The van der Waals surface area contributed by atoms with Crippen molar-refractivity contribution < 1.29 is 19.4 Å². The van der Waals surface area contributed by atoms with E-state index < -0.39 is 12.0 Å². The van der Waals surface area contributed by atoms with Crippen LogP contribution in [0.3, 0.4) is 0 Å². The zero-order valence-electron chi connectivity index (χ0n) is 12.5. The van der Waals surface area contributed by atoms with Crippen molar-refractivity contribution in [2.24, 2.45) is 5.92 Å². The third-order valence-corrected chi connectivity index (χ3v) is 3.77. The Balaban J connectivity index is 2.47. The molecule has 1 atom stereocenters. The van der Waals surface area contributed by atoms with Crippen LogP contribution in [-0.2, 0) is 9.59 Å². The Bertz CT molecular complexity index is 473. The number of carboxylic acids is 1. The van der Waals surface area contributed by atoms with Crippen LogP contribution in [0, 0.1) is 5.92 Å². The Hall–Kier alpha value is -1.69. The van der Waals surface area contributed by atoms with Gasteiger partial charge in [-0.3, -0.25) is 4.79 Å². The van der Waals surface area contributed by atoms with Crippen LogP contribution in [-0.4, -0.2) is 35.4 Å². The van der Waals surface area contributed by atoms with Gasteiger partial charge in [0.2, 0.25) is 5.91 Å². The van der Waals surface area contributed by atoms with Crippen LogP contribution in [0.15, 0.2) is 29.2 Å². The number of nitrogens with one attached hydrogen (secondary N) is 1. The first-order chi connectivity index (χ1) is 9.93. The fourth-order valence-corrected chi connectivity index (χ4v) is 2.39. The van der Waals surface area contributed by atoms with Gasteiger partial charge in [-0.05, 0) is 37.1 Å². The molecular weight excluding hydrogens is 290 g/mol. The number of carbonyl (C=O) groups is 2. The first-order valence-corrected chi connectivity index (χ1v) is 7.80. The number of carbonyl (C=O) groups excluding carboxylic acids is 1. The fourth-order valence-electron chi connectivity index (χ4n) is 1.68. The van der Waals surface area contributed by atoms with Crippen LogP contribution in [0.5, 0.6) is 5.75 Å². The van der Waals surface area contributed by atoms with E-state index in [0.29, 0.717) is 6.61 Å². The van der Waals surface area contributed by atoms with Crippen molar-refractivity contribution in [1.29, 1.82) is 0 Å².